The van der Waals surface area contributed by atoms with Crippen LogP contribution in [0.3, 0.4) is 0 Å². The van der Waals surface area contributed by atoms with Crippen LogP contribution in [-0.4, -0.2) is 19.0 Å². The standard InChI is InChI=1S/C10H18O2/c1-9-4-7-12-10(8-9)5-2-3-6-11-10/h9H,2-8H2,1H3/t9-,10+/m1/s1. The monoisotopic (exact) mass is 170 g/mol. The van der Waals surface area contributed by atoms with Gasteiger partial charge in [-0.3, -0.25) is 0 Å². The third-order valence-corrected chi connectivity index (χ3v) is 2.95. The topological polar surface area (TPSA) is 18.5 Å². The third kappa shape index (κ3) is 1.64. The number of ether oxygens (including phenoxy) is 2. The molecule has 0 aromatic carbocycles. The normalized spacial score (nSPS) is 43.2. The lowest BCUT2D eigenvalue weighted by Crippen LogP contribution is -2.44. The Morgan fingerprint density at radius 1 is 1.17 bits per heavy atom. The van der Waals surface area contributed by atoms with Crippen molar-refractivity contribution in [3.8, 4) is 0 Å². The van der Waals surface area contributed by atoms with Crippen LogP contribution < -0.4 is 0 Å². The van der Waals surface area contributed by atoms with Gasteiger partial charge >= 0.3 is 0 Å². The van der Waals surface area contributed by atoms with Crippen molar-refractivity contribution in [2.45, 2.75) is 44.8 Å². The van der Waals surface area contributed by atoms with E-state index in [0.29, 0.717) is 0 Å². The van der Waals surface area contributed by atoms with Crippen molar-refractivity contribution in [3.63, 3.8) is 0 Å². The van der Waals surface area contributed by atoms with Gasteiger partial charge in [0, 0.05) is 12.8 Å². The Morgan fingerprint density at radius 3 is 2.67 bits per heavy atom. The van der Waals surface area contributed by atoms with E-state index in [1.165, 1.54) is 19.3 Å². The molecule has 2 atom stereocenters. The molecule has 1 spiro atoms. The van der Waals surface area contributed by atoms with Crippen LogP contribution in [-0.2, 0) is 9.47 Å². The summed E-state index contributed by atoms with van der Waals surface area (Å²) in [5.41, 5.74) is 0. The maximum atomic E-state index is 5.75. The Bertz CT molecular complexity index is 144. The minimum Gasteiger partial charge on any atom is -0.350 e. The summed E-state index contributed by atoms with van der Waals surface area (Å²) in [6, 6.07) is 0. The molecule has 2 aliphatic rings. The lowest BCUT2D eigenvalue weighted by atomic mass is 9.90. The molecule has 0 aromatic heterocycles. The molecule has 2 heterocycles. The minimum absolute atomic E-state index is 0.171. The van der Waals surface area contributed by atoms with Gasteiger partial charge in [-0.05, 0) is 25.2 Å². The molecule has 2 rings (SSSR count). The van der Waals surface area contributed by atoms with E-state index in [0.717, 1.165) is 32.0 Å². The predicted molar refractivity (Wildman–Crippen MR) is 46.9 cm³/mol. The molecule has 0 saturated carbocycles. The lowest BCUT2D eigenvalue weighted by Gasteiger charge is -2.42. The first-order valence-corrected chi connectivity index (χ1v) is 5.09. The Morgan fingerprint density at radius 2 is 2.00 bits per heavy atom. The summed E-state index contributed by atoms with van der Waals surface area (Å²) in [6.45, 7) is 4.08. The van der Waals surface area contributed by atoms with Crippen molar-refractivity contribution in [1.29, 1.82) is 0 Å². The Balaban J connectivity index is 1.97. The van der Waals surface area contributed by atoms with E-state index in [1.807, 2.05) is 0 Å². The Kier molecular flexibility index (Phi) is 2.37. The summed E-state index contributed by atoms with van der Waals surface area (Å²) in [5, 5.41) is 0. The van der Waals surface area contributed by atoms with Gasteiger partial charge in [-0.2, -0.15) is 0 Å². The van der Waals surface area contributed by atoms with Crippen molar-refractivity contribution < 1.29 is 9.47 Å². The SMILES string of the molecule is C[C@@H]1CCO[C@@]2(CCCCO2)C1. The maximum Gasteiger partial charge on any atom is 0.168 e. The van der Waals surface area contributed by atoms with Gasteiger partial charge in [-0.15, -0.1) is 0 Å². The van der Waals surface area contributed by atoms with Crippen molar-refractivity contribution in [2.75, 3.05) is 13.2 Å². The van der Waals surface area contributed by atoms with E-state index in [9.17, 15) is 0 Å². The first-order valence-electron chi connectivity index (χ1n) is 5.09. The molecule has 0 bridgehead atoms. The maximum absolute atomic E-state index is 5.75. The second-order valence-electron chi connectivity index (χ2n) is 4.16. The second-order valence-corrected chi connectivity index (χ2v) is 4.16. The highest BCUT2D eigenvalue weighted by Crippen LogP contribution is 2.36. The van der Waals surface area contributed by atoms with Crippen molar-refractivity contribution >= 4 is 0 Å². The first-order chi connectivity index (χ1) is 5.81. The smallest absolute Gasteiger partial charge is 0.168 e. The summed E-state index contributed by atoms with van der Waals surface area (Å²) in [7, 11) is 0. The van der Waals surface area contributed by atoms with Crippen LogP contribution in [0.2, 0.25) is 0 Å². The van der Waals surface area contributed by atoms with E-state index in [2.05, 4.69) is 6.92 Å². The second kappa shape index (κ2) is 3.35. The molecule has 0 unspecified atom stereocenters. The van der Waals surface area contributed by atoms with Gasteiger partial charge in [0.15, 0.2) is 5.79 Å². The number of rotatable bonds is 0. The summed E-state index contributed by atoms with van der Waals surface area (Å²) in [5.74, 6) is 0.604. The zero-order valence-corrected chi connectivity index (χ0v) is 7.84. The van der Waals surface area contributed by atoms with E-state index in [1.54, 1.807) is 0 Å². The highest BCUT2D eigenvalue weighted by molar-refractivity contribution is 4.79. The van der Waals surface area contributed by atoms with Gasteiger partial charge in [0.05, 0.1) is 13.2 Å². The van der Waals surface area contributed by atoms with E-state index in [-0.39, 0.29) is 5.79 Å². The largest absolute Gasteiger partial charge is 0.350 e. The Hall–Kier alpha value is -0.0800. The quantitative estimate of drug-likeness (QED) is 0.555. The van der Waals surface area contributed by atoms with Crippen LogP contribution in [0.4, 0.5) is 0 Å². The zero-order valence-electron chi connectivity index (χ0n) is 7.84. The predicted octanol–water partition coefficient (Wildman–Crippen LogP) is 2.33. The first kappa shape index (κ1) is 8.52. The summed E-state index contributed by atoms with van der Waals surface area (Å²) < 4.78 is 11.5. The average Bonchev–Trinajstić information content (AvgIpc) is 2.05. The van der Waals surface area contributed by atoms with E-state index < -0.39 is 0 Å². The number of hydrogen-bond donors (Lipinski definition) is 0. The van der Waals surface area contributed by atoms with Gasteiger partial charge < -0.3 is 9.47 Å². The summed E-state index contributed by atoms with van der Waals surface area (Å²) in [6.07, 6.45) is 5.89. The van der Waals surface area contributed by atoms with Crippen LogP contribution in [0.25, 0.3) is 0 Å². The van der Waals surface area contributed by atoms with Crippen LogP contribution in [0.5, 0.6) is 0 Å². The Labute approximate surface area is 74.2 Å². The molecule has 0 aliphatic carbocycles. The molecule has 2 aliphatic heterocycles. The van der Waals surface area contributed by atoms with Crippen LogP contribution in [0.15, 0.2) is 0 Å². The molecular weight excluding hydrogens is 152 g/mol. The average molecular weight is 170 g/mol. The molecule has 2 nitrogen and oxygen atoms in total. The van der Waals surface area contributed by atoms with Gasteiger partial charge in [0.25, 0.3) is 0 Å². The number of hydrogen-bond acceptors (Lipinski definition) is 2. The molecule has 0 amide bonds. The van der Waals surface area contributed by atoms with E-state index in [4.69, 9.17) is 9.47 Å². The molecule has 2 heteroatoms. The molecule has 70 valence electrons. The van der Waals surface area contributed by atoms with Crippen LogP contribution >= 0.6 is 0 Å². The van der Waals surface area contributed by atoms with Crippen molar-refractivity contribution in [1.82, 2.24) is 0 Å². The minimum atomic E-state index is -0.171. The van der Waals surface area contributed by atoms with Crippen LogP contribution in [0.1, 0.15) is 39.0 Å². The van der Waals surface area contributed by atoms with Crippen molar-refractivity contribution in [2.24, 2.45) is 5.92 Å². The molecule has 12 heavy (non-hydrogen) atoms. The fourth-order valence-electron chi connectivity index (χ4n) is 2.24. The highest BCUT2D eigenvalue weighted by Gasteiger charge is 2.38. The third-order valence-electron chi connectivity index (χ3n) is 2.95. The van der Waals surface area contributed by atoms with Crippen molar-refractivity contribution in [3.05, 3.63) is 0 Å². The molecule has 0 N–H and O–H groups in total. The zero-order chi connectivity index (χ0) is 8.44. The fraction of sp³-hybridized carbons (Fsp3) is 1.00. The van der Waals surface area contributed by atoms with Gasteiger partial charge in [0.1, 0.15) is 0 Å². The molecule has 0 radical (unpaired) electrons. The summed E-state index contributed by atoms with van der Waals surface area (Å²) in [4.78, 5) is 0. The van der Waals surface area contributed by atoms with Gasteiger partial charge in [0.2, 0.25) is 0 Å². The molecule has 2 fully saturated rings. The van der Waals surface area contributed by atoms with Crippen LogP contribution in [0, 0.1) is 5.92 Å². The molecular formula is C10H18O2. The van der Waals surface area contributed by atoms with Gasteiger partial charge in [-0.25, -0.2) is 0 Å². The molecule has 2 saturated heterocycles. The fourth-order valence-corrected chi connectivity index (χ4v) is 2.24. The lowest BCUT2D eigenvalue weighted by molar-refractivity contribution is -0.280. The molecule has 0 aromatic rings. The summed E-state index contributed by atoms with van der Waals surface area (Å²) >= 11 is 0. The van der Waals surface area contributed by atoms with Gasteiger partial charge in [-0.1, -0.05) is 6.92 Å². The van der Waals surface area contributed by atoms with E-state index >= 15 is 0 Å². The highest BCUT2D eigenvalue weighted by atomic mass is 16.7.